The highest BCUT2D eigenvalue weighted by Crippen LogP contribution is 2.13. The molecule has 1 saturated carbocycles. The van der Waals surface area contributed by atoms with E-state index >= 15 is 0 Å². The molecule has 34 valence electrons. The van der Waals surface area contributed by atoms with E-state index < -0.39 is 0 Å². The van der Waals surface area contributed by atoms with Crippen LogP contribution in [0.1, 0.15) is 19.3 Å². The highest BCUT2D eigenvalue weighted by molar-refractivity contribution is 4.85. The Morgan fingerprint density at radius 3 is 2.67 bits per heavy atom. The average Bonchev–Trinajstić information content (AvgIpc) is 1.86. The Labute approximate surface area is 38.5 Å². The molecule has 1 fully saturated rings. The van der Waals surface area contributed by atoms with Crippen molar-refractivity contribution in [2.75, 3.05) is 0 Å². The van der Waals surface area contributed by atoms with Gasteiger partial charge < -0.3 is 0 Å². The van der Waals surface area contributed by atoms with Crippen LogP contribution in [0.25, 0.3) is 0 Å². The molecule has 0 radical (unpaired) electrons. The maximum Gasteiger partial charge on any atom is 0.146 e. The van der Waals surface area contributed by atoms with E-state index in [0.717, 1.165) is 0 Å². The van der Waals surface area contributed by atoms with Crippen molar-refractivity contribution in [1.82, 2.24) is 0 Å². The lowest BCUT2D eigenvalue weighted by molar-refractivity contribution is 0.772. The van der Waals surface area contributed by atoms with Crippen LogP contribution in [0.15, 0.2) is 0 Å². The average molecular weight is 84.1 g/mol. The second-order valence-corrected chi connectivity index (χ2v) is 1.83. The van der Waals surface area contributed by atoms with Gasteiger partial charge in [0.05, 0.1) is 12.8 Å². The third kappa shape index (κ3) is 0.658. The standard InChI is InChI=1S/C5H10N/c6-5-3-1-2-4-5/h3,5H,1-2,4,6H2/q+1/t5-/m1/s1. The first-order valence-electron chi connectivity index (χ1n) is 2.48. The highest BCUT2D eigenvalue weighted by atomic mass is 14.6. The van der Waals surface area contributed by atoms with E-state index in [9.17, 15) is 0 Å². The molecule has 0 amide bonds. The Kier molecular flexibility index (Phi) is 1.01. The Morgan fingerprint density at radius 1 is 1.67 bits per heavy atom. The number of hydrogen-bond donors (Lipinski definition) is 1. The first-order valence-corrected chi connectivity index (χ1v) is 2.48. The van der Waals surface area contributed by atoms with E-state index in [-0.39, 0.29) is 0 Å². The fourth-order valence-corrected chi connectivity index (χ4v) is 0.803. The molecule has 2 N–H and O–H groups in total. The smallest absolute Gasteiger partial charge is 0.146 e. The number of rotatable bonds is 0. The molecule has 1 heteroatoms. The third-order valence-corrected chi connectivity index (χ3v) is 1.21. The summed E-state index contributed by atoms with van der Waals surface area (Å²) in [5, 5.41) is 0. The predicted molar refractivity (Wildman–Crippen MR) is 26.1 cm³/mol. The van der Waals surface area contributed by atoms with Crippen LogP contribution in [0, 0.1) is 6.42 Å². The van der Waals surface area contributed by atoms with E-state index in [1.807, 2.05) is 0 Å². The molecule has 0 aromatic rings. The number of hydrogen-bond acceptors (Lipinski definition) is 1. The molecule has 0 heterocycles. The summed E-state index contributed by atoms with van der Waals surface area (Å²) in [5.74, 6) is 0. The summed E-state index contributed by atoms with van der Waals surface area (Å²) >= 11 is 0. The lowest BCUT2D eigenvalue weighted by Gasteiger charge is -1.82. The van der Waals surface area contributed by atoms with Crippen LogP contribution in [0.3, 0.4) is 0 Å². The minimum Gasteiger partial charge on any atom is -0.290 e. The lowest BCUT2D eigenvalue weighted by Crippen LogP contribution is -2.13. The van der Waals surface area contributed by atoms with Crippen molar-refractivity contribution in [3.05, 3.63) is 6.42 Å². The first kappa shape index (κ1) is 4.00. The van der Waals surface area contributed by atoms with E-state index in [1.54, 1.807) is 0 Å². The normalized spacial score (nSPS) is 33.2. The van der Waals surface area contributed by atoms with Crippen LogP contribution in [0.2, 0.25) is 0 Å². The van der Waals surface area contributed by atoms with Crippen molar-refractivity contribution in [2.45, 2.75) is 25.3 Å². The Bertz CT molecular complexity index is 37.2. The van der Waals surface area contributed by atoms with Gasteiger partial charge in [-0.1, -0.05) is 0 Å². The molecule has 6 heavy (non-hydrogen) atoms. The van der Waals surface area contributed by atoms with Gasteiger partial charge >= 0.3 is 0 Å². The zero-order valence-electron chi connectivity index (χ0n) is 3.85. The Balaban J connectivity index is 2.18. The quantitative estimate of drug-likeness (QED) is 0.429. The first-order chi connectivity index (χ1) is 2.89. The zero-order valence-corrected chi connectivity index (χ0v) is 3.85. The van der Waals surface area contributed by atoms with Crippen molar-refractivity contribution in [3.63, 3.8) is 0 Å². The van der Waals surface area contributed by atoms with Gasteiger partial charge in [0, 0.05) is 6.42 Å². The van der Waals surface area contributed by atoms with Gasteiger partial charge in [-0.15, -0.1) is 0 Å². The van der Waals surface area contributed by atoms with Crippen LogP contribution in [0.5, 0.6) is 0 Å². The molecule has 0 aliphatic heterocycles. The van der Waals surface area contributed by atoms with Gasteiger partial charge in [0.25, 0.3) is 0 Å². The van der Waals surface area contributed by atoms with Gasteiger partial charge in [-0.05, 0) is 6.42 Å². The van der Waals surface area contributed by atoms with Crippen molar-refractivity contribution in [3.8, 4) is 0 Å². The monoisotopic (exact) mass is 84.1 g/mol. The van der Waals surface area contributed by atoms with Gasteiger partial charge in [-0.2, -0.15) is 0 Å². The van der Waals surface area contributed by atoms with Crippen LogP contribution in [0.4, 0.5) is 0 Å². The molecule has 1 atom stereocenters. The van der Waals surface area contributed by atoms with Gasteiger partial charge in [0.1, 0.15) is 6.04 Å². The highest BCUT2D eigenvalue weighted by Gasteiger charge is 2.17. The fourth-order valence-electron chi connectivity index (χ4n) is 0.803. The second kappa shape index (κ2) is 1.52. The van der Waals surface area contributed by atoms with Crippen molar-refractivity contribution in [1.29, 1.82) is 0 Å². The topological polar surface area (TPSA) is 26.0 Å². The summed E-state index contributed by atoms with van der Waals surface area (Å²) in [6, 6.07) is 0.421. The molecule has 1 nitrogen and oxygen atoms in total. The summed E-state index contributed by atoms with van der Waals surface area (Å²) in [6.07, 6.45) is 5.93. The third-order valence-electron chi connectivity index (χ3n) is 1.21. The van der Waals surface area contributed by atoms with Crippen LogP contribution in [-0.4, -0.2) is 6.04 Å². The summed E-state index contributed by atoms with van der Waals surface area (Å²) < 4.78 is 0. The Morgan fingerprint density at radius 2 is 2.50 bits per heavy atom. The molecular formula is C5H10N+. The molecule has 1 aliphatic carbocycles. The fraction of sp³-hybridized carbons (Fsp3) is 0.800. The minimum atomic E-state index is 0.421. The second-order valence-electron chi connectivity index (χ2n) is 1.83. The maximum atomic E-state index is 5.48. The van der Waals surface area contributed by atoms with E-state index in [1.165, 1.54) is 19.3 Å². The van der Waals surface area contributed by atoms with Crippen molar-refractivity contribution in [2.24, 2.45) is 5.73 Å². The maximum absolute atomic E-state index is 5.48. The molecule has 0 bridgehead atoms. The molecule has 1 aliphatic rings. The van der Waals surface area contributed by atoms with Gasteiger partial charge in [0.2, 0.25) is 0 Å². The molecule has 0 spiro atoms. The predicted octanol–water partition coefficient (Wildman–Crippen LogP) is 0.702. The van der Waals surface area contributed by atoms with Crippen molar-refractivity contribution >= 4 is 0 Å². The SMILES string of the molecule is N[C@@H]1[CH+]CCC1. The molecule has 0 saturated heterocycles. The summed E-state index contributed by atoms with van der Waals surface area (Å²) in [6.45, 7) is 0. The molecular weight excluding hydrogens is 74.1 g/mol. The molecule has 1 rings (SSSR count). The van der Waals surface area contributed by atoms with E-state index in [2.05, 4.69) is 6.42 Å². The summed E-state index contributed by atoms with van der Waals surface area (Å²) in [7, 11) is 0. The van der Waals surface area contributed by atoms with E-state index in [4.69, 9.17) is 5.73 Å². The van der Waals surface area contributed by atoms with Gasteiger partial charge in [0.15, 0.2) is 0 Å². The summed E-state index contributed by atoms with van der Waals surface area (Å²) in [4.78, 5) is 0. The largest absolute Gasteiger partial charge is 0.290 e. The minimum absolute atomic E-state index is 0.421. The molecule has 0 aromatic carbocycles. The zero-order chi connectivity index (χ0) is 4.41. The lowest BCUT2D eigenvalue weighted by atomic mass is 10.3. The summed E-state index contributed by atoms with van der Waals surface area (Å²) in [5.41, 5.74) is 5.48. The van der Waals surface area contributed by atoms with Gasteiger partial charge in [-0.3, -0.25) is 5.73 Å². The van der Waals surface area contributed by atoms with Crippen LogP contribution in [-0.2, 0) is 0 Å². The number of nitrogens with two attached hydrogens (primary N) is 1. The van der Waals surface area contributed by atoms with E-state index in [0.29, 0.717) is 6.04 Å². The van der Waals surface area contributed by atoms with Crippen LogP contribution < -0.4 is 5.73 Å². The van der Waals surface area contributed by atoms with Gasteiger partial charge in [-0.25, -0.2) is 0 Å². The molecule has 0 aromatic heterocycles. The molecule has 0 unspecified atom stereocenters. The Hall–Kier alpha value is -0.170. The van der Waals surface area contributed by atoms with Crippen molar-refractivity contribution < 1.29 is 0 Å². The van der Waals surface area contributed by atoms with Crippen LogP contribution >= 0.6 is 0 Å².